The number of amides is 1. The summed E-state index contributed by atoms with van der Waals surface area (Å²) in [5.74, 6) is -0.107. The van der Waals surface area contributed by atoms with E-state index in [2.05, 4.69) is 15.5 Å². The van der Waals surface area contributed by atoms with Crippen molar-refractivity contribution in [2.75, 3.05) is 16.2 Å². The molecule has 1 aliphatic rings. The fraction of sp³-hybridized carbons (Fsp3) is 0.357. The molecule has 0 saturated heterocycles. The fourth-order valence-electron chi connectivity index (χ4n) is 2.59. The van der Waals surface area contributed by atoms with Crippen molar-refractivity contribution in [1.82, 2.24) is 10.2 Å². The van der Waals surface area contributed by atoms with Crippen LogP contribution >= 0.6 is 11.3 Å². The van der Waals surface area contributed by atoms with Crippen LogP contribution in [0.25, 0.3) is 0 Å². The van der Waals surface area contributed by atoms with E-state index in [1.165, 1.54) is 11.2 Å². The molecule has 1 aromatic carbocycles. The molecule has 122 valence electrons. The zero-order valence-electron chi connectivity index (χ0n) is 12.7. The molecule has 0 radical (unpaired) electrons. The van der Waals surface area contributed by atoms with Crippen LogP contribution in [-0.4, -0.2) is 31.1 Å². The number of anilines is 2. The molecule has 7 nitrogen and oxygen atoms in total. The van der Waals surface area contributed by atoms with Crippen LogP contribution in [0, 0.1) is 5.92 Å². The van der Waals surface area contributed by atoms with Crippen LogP contribution in [-0.2, 0) is 21.2 Å². The van der Waals surface area contributed by atoms with E-state index in [9.17, 15) is 13.2 Å². The largest absolute Gasteiger partial charge is 0.301 e. The molecule has 0 fully saturated rings. The summed E-state index contributed by atoms with van der Waals surface area (Å²) in [6.45, 7) is 3.74. The summed E-state index contributed by atoms with van der Waals surface area (Å²) < 4.78 is 27.1. The van der Waals surface area contributed by atoms with Crippen molar-refractivity contribution < 1.29 is 13.2 Å². The SMILES string of the molecule is CC(=O)Nc1nnc(S(=O)(=O)N2CC(C)Cc3ccccc32)s1. The van der Waals surface area contributed by atoms with Crippen LogP contribution in [0.1, 0.15) is 19.4 Å². The van der Waals surface area contributed by atoms with E-state index in [1.54, 1.807) is 6.07 Å². The van der Waals surface area contributed by atoms with Crippen LogP contribution in [0.4, 0.5) is 10.8 Å². The Morgan fingerprint density at radius 1 is 1.35 bits per heavy atom. The summed E-state index contributed by atoms with van der Waals surface area (Å²) >= 11 is 0.854. The Morgan fingerprint density at radius 3 is 2.83 bits per heavy atom. The maximum atomic E-state index is 12.9. The number of rotatable bonds is 3. The highest BCUT2D eigenvalue weighted by Crippen LogP contribution is 2.34. The Kier molecular flexibility index (Phi) is 4.07. The number of nitrogens with zero attached hydrogens (tertiary/aromatic N) is 3. The summed E-state index contributed by atoms with van der Waals surface area (Å²) in [5.41, 5.74) is 1.68. The second-order valence-electron chi connectivity index (χ2n) is 5.53. The predicted molar refractivity (Wildman–Crippen MR) is 88.1 cm³/mol. The molecular weight excluding hydrogens is 336 g/mol. The standard InChI is InChI=1S/C14H16N4O3S2/c1-9-7-11-5-3-4-6-12(11)18(8-9)23(20,21)14-17-16-13(22-14)15-10(2)19/h3-6,9H,7-8H2,1-2H3,(H,15,16,19). The van der Waals surface area contributed by atoms with Gasteiger partial charge < -0.3 is 5.32 Å². The first-order chi connectivity index (χ1) is 10.9. The summed E-state index contributed by atoms with van der Waals surface area (Å²) in [4.78, 5) is 11.0. The number of carbonyl (C=O) groups is 1. The first-order valence-electron chi connectivity index (χ1n) is 7.09. The normalized spacial score (nSPS) is 17.7. The summed E-state index contributed by atoms with van der Waals surface area (Å²) in [7, 11) is -3.80. The zero-order valence-corrected chi connectivity index (χ0v) is 14.3. The monoisotopic (exact) mass is 352 g/mol. The number of benzene rings is 1. The van der Waals surface area contributed by atoms with E-state index < -0.39 is 10.0 Å². The molecule has 2 heterocycles. The zero-order chi connectivity index (χ0) is 16.6. The lowest BCUT2D eigenvalue weighted by Crippen LogP contribution is -2.39. The molecule has 1 N–H and O–H groups in total. The van der Waals surface area contributed by atoms with Crippen LogP contribution < -0.4 is 9.62 Å². The minimum Gasteiger partial charge on any atom is -0.301 e. The Hall–Kier alpha value is -2.00. The lowest BCUT2D eigenvalue weighted by molar-refractivity contribution is -0.114. The summed E-state index contributed by atoms with van der Waals surface area (Å²) in [5, 5.41) is 10.1. The first kappa shape index (κ1) is 15.9. The fourth-order valence-corrected chi connectivity index (χ4v) is 5.26. The van der Waals surface area contributed by atoms with Crippen molar-refractivity contribution in [3.8, 4) is 0 Å². The first-order valence-corrected chi connectivity index (χ1v) is 9.35. The number of fused-ring (bicyclic) bond motifs is 1. The maximum Gasteiger partial charge on any atom is 0.293 e. The molecule has 1 aromatic heterocycles. The van der Waals surface area contributed by atoms with Crippen molar-refractivity contribution in [3.05, 3.63) is 29.8 Å². The van der Waals surface area contributed by atoms with Crippen molar-refractivity contribution in [3.63, 3.8) is 0 Å². The second-order valence-corrected chi connectivity index (χ2v) is 8.54. The van der Waals surface area contributed by atoms with E-state index >= 15 is 0 Å². The molecule has 23 heavy (non-hydrogen) atoms. The number of hydrogen-bond acceptors (Lipinski definition) is 6. The highest BCUT2D eigenvalue weighted by atomic mass is 32.2. The number of hydrogen-bond donors (Lipinski definition) is 1. The van der Waals surface area contributed by atoms with Crippen LogP contribution in [0.2, 0.25) is 0 Å². The van der Waals surface area contributed by atoms with E-state index in [4.69, 9.17) is 0 Å². The Labute approximate surface area is 138 Å². The number of nitrogens with one attached hydrogen (secondary N) is 1. The van der Waals surface area contributed by atoms with Gasteiger partial charge in [-0.15, -0.1) is 10.2 Å². The minimum atomic E-state index is -3.80. The number of aromatic nitrogens is 2. The smallest absolute Gasteiger partial charge is 0.293 e. The molecule has 0 saturated carbocycles. The van der Waals surface area contributed by atoms with Crippen LogP contribution in [0.3, 0.4) is 0 Å². The van der Waals surface area contributed by atoms with E-state index in [1.807, 2.05) is 25.1 Å². The number of sulfonamides is 1. The van der Waals surface area contributed by atoms with Crippen molar-refractivity contribution in [2.24, 2.45) is 5.92 Å². The van der Waals surface area contributed by atoms with Crippen LogP contribution in [0.5, 0.6) is 0 Å². The quantitative estimate of drug-likeness (QED) is 0.852. The van der Waals surface area contributed by atoms with Gasteiger partial charge in [-0.25, -0.2) is 0 Å². The molecule has 1 atom stereocenters. The van der Waals surface area contributed by atoms with Crippen molar-refractivity contribution >= 4 is 38.1 Å². The third kappa shape index (κ3) is 3.06. The van der Waals surface area contributed by atoms with Gasteiger partial charge in [0.15, 0.2) is 0 Å². The molecule has 0 bridgehead atoms. The van der Waals surface area contributed by atoms with Gasteiger partial charge in [0.1, 0.15) is 0 Å². The van der Waals surface area contributed by atoms with Crippen molar-refractivity contribution in [2.45, 2.75) is 24.6 Å². The molecule has 3 rings (SSSR count). The average molecular weight is 352 g/mol. The van der Waals surface area contributed by atoms with E-state index in [0.29, 0.717) is 12.2 Å². The summed E-state index contributed by atoms with van der Waals surface area (Å²) in [6.07, 6.45) is 0.843. The van der Waals surface area contributed by atoms with Gasteiger partial charge in [0.2, 0.25) is 11.0 Å². The van der Waals surface area contributed by atoms with Crippen molar-refractivity contribution in [1.29, 1.82) is 0 Å². The minimum absolute atomic E-state index is 0.120. The lowest BCUT2D eigenvalue weighted by atomic mass is 9.96. The molecule has 1 amide bonds. The van der Waals surface area contributed by atoms with Gasteiger partial charge in [0, 0.05) is 13.5 Å². The van der Waals surface area contributed by atoms with Crippen LogP contribution in [0.15, 0.2) is 28.6 Å². The molecule has 2 aromatic rings. The van der Waals surface area contributed by atoms with Gasteiger partial charge in [-0.3, -0.25) is 9.10 Å². The Balaban J connectivity index is 2.00. The molecule has 0 aliphatic carbocycles. The van der Waals surface area contributed by atoms with E-state index in [-0.39, 0.29) is 21.3 Å². The molecule has 1 unspecified atom stereocenters. The molecule has 9 heteroatoms. The third-order valence-corrected chi connectivity index (χ3v) is 6.47. The average Bonchev–Trinajstić information content (AvgIpc) is 2.94. The van der Waals surface area contributed by atoms with Gasteiger partial charge in [-0.05, 0) is 24.0 Å². The highest BCUT2D eigenvalue weighted by molar-refractivity contribution is 7.94. The van der Waals surface area contributed by atoms with E-state index in [0.717, 1.165) is 23.3 Å². The Bertz CT molecular complexity index is 847. The predicted octanol–water partition coefficient (Wildman–Crippen LogP) is 1.88. The lowest BCUT2D eigenvalue weighted by Gasteiger charge is -2.32. The maximum absolute atomic E-state index is 12.9. The van der Waals surface area contributed by atoms with Gasteiger partial charge in [-0.2, -0.15) is 8.42 Å². The third-order valence-electron chi connectivity index (χ3n) is 3.51. The van der Waals surface area contributed by atoms with Gasteiger partial charge >= 0.3 is 0 Å². The number of carbonyl (C=O) groups excluding carboxylic acids is 1. The topological polar surface area (TPSA) is 92.3 Å². The molecule has 1 aliphatic heterocycles. The second kappa shape index (κ2) is 5.89. The molecule has 0 spiro atoms. The number of para-hydroxylation sites is 1. The van der Waals surface area contributed by atoms with Gasteiger partial charge in [0.25, 0.3) is 14.4 Å². The Morgan fingerprint density at radius 2 is 2.09 bits per heavy atom. The highest BCUT2D eigenvalue weighted by Gasteiger charge is 2.34. The van der Waals surface area contributed by atoms with Gasteiger partial charge in [-0.1, -0.05) is 36.5 Å². The molecular formula is C14H16N4O3S2. The van der Waals surface area contributed by atoms with Gasteiger partial charge in [0.05, 0.1) is 5.69 Å². The summed E-state index contributed by atoms with van der Waals surface area (Å²) in [6, 6.07) is 7.46.